The third kappa shape index (κ3) is 5.90. The minimum Gasteiger partial charge on any atom is -0.0876 e. The molecule has 0 aromatic heterocycles. The number of rotatable bonds is 5. The van der Waals surface area contributed by atoms with Gasteiger partial charge in [0.2, 0.25) is 0 Å². The largest absolute Gasteiger partial charge is 0.0876 e. The zero-order valence-corrected chi connectivity index (χ0v) is 9.61. The fourth-order valence-corrected chi connectivity index (χ4v) is 1.29. The molecule has 0 nitrogen and oxygen atoms in total. The summed E-state index contributed by atoms with van der Waals surface area (Å²) in [5.41, 5.74) is 2.68. The monoisotopic (exact) mass is 199 g/mol. The zero-order valence-electron chi connectivity index (χ0n) is 9.61. The van der Waals surface area contributed by atoms with Gasteiger partial charge in [0, 0.05) is 0 Å². The Bertz CT molecular complexity index is 313. The molecule has 1 rings (SSSR count). The van der Waals surface area contributed by atoms with E-state index in [0.29, 0.717) is 0 Å². The lowest BCUT2D eigenvalue weighted by molar-refractivity contribution is 1.20. The Morgan fingerprint density at radius 1 is 1.00 bits per heavy atom. The molecule has 1 radical (unpaired) electrons. The number of hydrogen-bond donors (Lipinski definition) is 0. The molecule has 0 heterocycles. The molecule has 1 aromatic carbocycles. The lowest BCUT2D eigenvalue weighted by Gasteiger charge is -1.95. The second-order valence-corrected chi connectivity index (χ2v) is 3.84. The average Bonchev–Trinajstić information content (AvgIpc) is 2.24. The van der Waals surface area contributed by atoms with Crippen LogP contribution in [0.3, 0.4) is 0 Å². The first-order valence-electron chi connectivity index (χ1n) is 5.45. The summed E-state index contributed by atoms with van der Waals surface area (Å²) < 4.78 is 0. The molecular weight excluding hydrogens is 180 g/mol. The van der Waals surface area contributed by atoms with Crippen molar-refractivity contribution in [3.05, 3.63) is 66.1 Å². The van der Waals surface area contributed by atoms with Crippen molar-refractivity contribution < 1.29 is 0 Å². The summed E-state index contributed by atoms with van der Waals surface area (Å²) in [6, 6.07) is 10.4. The SMILES string of the molecule is CC(C)=CC/C=C/C[CH]c1ccccc1. The normalized spacial score (nSPS) is 10.5. The van der Waals surface area contributed by atoms with Crippen molar-refractivity contribution in [3.8, 4) is 0 Å². The van der Waals surface area contributed by atoms with Crippen LogP contribution in [0.1, 0.15) is 32.3 Å². The molecule has 0 saturated heterocycles. The molecule has 1 aromatic rings. The Hall–Kier alpha value is -1.30. The van der Waals surface area contributed by atoms with Gasteiger partial charge in [-0.15, -0.1) is 0 Å². The summed E-state index contributed by atoms with van der Waals surface area (Å²) in [4.78, 5) is 0. The minimum atomic E-state index is 1.01. The van der Waals surface area contributed by atoms with Gasteiger partial charge in [0.05, 0.1) is 0 Å². The van der Waals surface area contributed by atoms with Gasteiger partial charge in [0.15, 0.2) is 0 Å². The van der Waals surface area contributed by atoms with Gasteiger partial charge in [-0.1, -0.05) is 54.1 Å². The van der Waals surface area contributed by atoms with Gasteiger partial charge in [0.25, 0.3) is 0 Å². The first kappa shape index (κ1) is 11.8. The maximum absolute atomic E-state index is 2.24. The fourth-order valence-electron chi connectivity index (χ4n) is 1.29. The number of allylic oxidation sites excluding steroid dienone is 4. The van der Waals surface area contributed by atoms with Crippen LogP contribution < -0.4 is 0 Å². The highest BCUT2D eigenvalue weighted by Gasteiger charge is 1.87. The smallest absolute Gasteiger partial charge is 0.00556 e. The molecule has 0 unspecified atom stereocenters. The molecule has 0 amide bonds. The summed E-state index contributed by atoms with van der Waals surface area (Å²) in [6.45, 7) is 4.26. The van der Waals surface area contributed by atoms with Gasteiger partial charge in [-0.25, -0.2) is 0 Å². The van der Waals surface area contributed by atoms with E-state index in [1.807, 2.05) is 6.07 Å². The Balaban J connectivity index is 2.19. The molecule has 0 bridgehead atoms. The number of benzene rings is 1. The second-order valence-electron chi connectivity index (χ2n) is 3.84. The Morgan fingerprint density at radius 3 is 2.33 bits per heavy atom. The first-order valence-corrected chi connectivity index (χ1v) is 5.45. The topological polar surface area (TPSA) is 0 Å². The van der Waals surface area contributed by atoms with Gasteiger partial charge in [-0.3, -0.25) is 0 Å². The minimum absolute atomic E-state index is 1.01. The van der Waals surface area contributed by atoms with Crippen LogP contribution in [-0.4, -0.2) is 0 Å². The van der Waals surface area contributed by atoms with Gasteiger partial charge < -0.3 is 0 Å². The maximum Gasteiger partial charge on any atom is -0.00556 e. The molecule has 0 spiro atoms. The molecule has 15 heavy (non-hydrogen) atoms. The van der Waals surface area contributed by atoms with E-state index in [4.69, 9.17) is 0 Å². The van der Waals surface area contributed by atoms with Crippen LogP contribution in [0.2, 0.25) is 0 Å². The molecule has 0 heteroatoms. The van der Waals surface area contributed by atoms with E-state index in [0.717, 1.165) is 12.8 Å². The Labute approximate surface area is 93.3 Å². The van der Waals surface area contributed by atoms with Crippen molar-refractivity contribution in [1.82, 2.24) is 0 Å². The van der Waals surface area contributed by atoms with Crippen LogP contribution in [0.25, 0.3) is 0 Å². The predicted octanol–water partition coefficient (Wildman–Crippen LogP) is 4.54. The molecule has 0 aliphatic rings. The second kappa shape index (κ2) is 7.05. The van der Waals surface area contributed by atoms with Gasteiger partial charge in [0.1, 0.15) is 0 Å². The van der Waals surface area contributed by atoms with E-state index in [2.05, 4.69) is 62.8 Å². The van der Waals surface area contributed by atoms with Crippen molar-refractivity contribution in [2.45, 2.75) is 26.7 Å². The average molecular weight is 199 g/mol. The van der Waals surface area contributed by atoms with Crippen LogP contribution >= 0.6 is 0 Å². The standard InChI is InChI=1S/C15H19/c1-14(2)10-6-3-4-7-11-15-12-8-5-9-13-15/h3-5,8-13H,6-7H2,1-2H3/b4-3+. The summed E-state index contributed by atoms with van der Waals surface area (Å²) in [6.07, 6.45) is 11.0. The molecule has 0 N–H and O–H groups in total. The van der Waals surface area contributed by atoms with Crippen molar-refractivity contribution in [2.75, 3.05) is 0 Å². The van der Waals surface area contributed by atoms with Gasteiger partial charge in [-0.2, -0.15) is 0 Å². The summed E-state index contributed by atoms with van der Waals surface area (Å²) in [5.74, 6) is 0. The van der Waals surface area contributed by atoms with Crippen molar-refractivity contribution in [1.29, 1.82) is 0 Å². The quantitative estimate of drug-likeness (QED) is 0.611. The van der Waals surface area contributed by atoms with Gasteiger partial charge in [-0.05, 0) is 38.7 Å². The number of hydrogen-bond acceptors (Lipinski definition) is 0. The summed E-state index contributed by atoms with van der Waals surface area (Å²) >= 11 is 0. The summed E-state index contributed by atoms with van der Waals surface area (Å²) in [7, 11) is 0. The molecule has 0 fully saturated rings. The first-order chi connectivity index (χ1) is 7.29. The highest BCUT2D eigenvalue weighted by molar-refractivity contribution is 5.23. The lowest BCUT2D eigenvalue weighted by atomic mass is 10.1. The fraction of sp³-hybridized carbons (Fsp3) is 0.267. The van der Waals surface area contributed by atoms with Crippen molar-refractivity contribution >= 4 is 0 Å². The van der Waals surface area contributed by atoms with E-state index in [1.165, 1.54) is 11.1 Å². The van der Waals surface area contributed by atoms with Crippen LogP contribution in [-0.2, 0) is 0 Å². The van der Waals surface area contributed by atoms with Crippen molar-refractivity contribution in [2.24, 2.45) is 0 Å². The van der Waals surface area contributed by atoms with E-state index in [9.17, 15) is 0 Å². The predicted molar refractivity (Wildman–Crippen MR) is 67.6 cm³/mol. The molecule has 0 aliphatic carbocycles. The van der Waals surface area contributed by atoms with E-state index in [-0.39, 0.29) is 0 Å². The highest BCUT2D eigenvalue weighted by Crippen LogP contribution is 2.05. The molecule has 0 atom stereocenters. The summed E-state index contributed by atoms with van der Waals surface area (Å²) in [5, 5.41) is 0. The zero-order chi connectivity index (χ0) is 10.9. The molecule has 0 saturated carbocycles. The van der Waals surface area contributed by atoms with Crippen molar-refractivity contribution in [3.63, 3.8) is 0 Å². The van der Waals surface area contributed by atoms with Gasteiger partial charge >= 0.3 is 0 Å². The third-order valence-corrected chi connectivity index (χ3v) is 2.12. The van der Waals surface area contributed by atoms with E-state index in [1.54, 1.807) is 0 Å². The van der Waals surface area contributed by atoms with E-state index < -0.39 is 0 Å². The highest BCUT2D eigenvalue weighted by atomic mass is 13.9. The maximum atomic E-state index is 2.24. The van der Waals surface area contributed by atoms with Crippen LogP contribution in [0.15, 0.2) is 54.1 Å². The Kier molecular flexibility index (Phi) is 5.54. The van der Waals surface area contributed by atoms with Crippen LogP contribution in [0, 0.1) is 6.42 Å². The molecule has 79 valence electrons. The van der Waals surface area contributed by atoms with E-state index >= 15 is 0 Å². The molecule has 0 aliphatic heterocycles. The Morgan fingerprint density at radius 2 is 1.67 bits per heavy atom. The van der Waals surface area contributed by atoms with Crippen LogP contribution in [0.4, 0.5) is 0 Å². The van der Waals surface area contributed by atoms with Crippen LogP contribution in [0.5, 0.6) is 0 Å². The molecular formula is C15H19. The third-order valence-electron chi connectivity index (χ3n) is 2.12. The lowest BCUT2D eigenvalue weighted by Crippen LogP contribution is -1.77.